The maximum atomic E-state index is 14.2. The number of carboxylic acid groups (broad SMARTS) is 1. The van der Waals surface area contributed by atoms with Crippen LogP contribution in [0, 0.1) is 11.7 Å². The molecule has 0 saturated carbocycles. The second-order valence-electron chi connectivity index (χ2n) is 6.50. The number of benzene rings is 2. The van der Waals surface area contributed by atoms with Gasteiger partial charge in [-0.25, -0.2) is 9.18 Å². The van der Waals surface area contributed by atoms with Crippen molar-refractivity contribution in [2.45, 2.75) is 20.3 Å². The van der Waals surface area contributed by atoms with E-state index in [0.29, 0.717) is 11.4 Å². The Morgan fingerprint density at radius 2 is 1.75 bits per heavy atom. The summed E-state index contributed by atoms with van der Waals surface area (Å²) in [6.07, 6.45) is 0.272. The van der Waals surface area contributed by atoms with Crippen molar-refractivity contribution in [3.63, 3.8) is 0 Å². The largest absolute Gasteiger partial charge is 0.482 e. The molecule has 0 aliphatic rings. The SMILES string of the molecule is CC(C)CC(=O)Nc1ccc(C(=O)Nc2ccc(OCC(=O)O)cc2)cc1F. The normalized spacial score (nSPS) is 10.4. The Kier molecular flexibility index (Phi) is 7.08. The molecule has 2 aromatic carbocycles. The van der Waals surface area contributed by atoms with Crippen LogP contribution in [0.3, 0.4) is 0 Å². The van der Waals surface area contributed by atoms with E-state index in [9.17, 15) is 18.8 Å². The number of ether oxygens (including phenoxy) is 1. The number of carbonyl (C=O) groups is 3. The van der Waals surface area contributed by atoms with Crippen molar-refractivity contribution < 1.29 is 28.6 Å². The summed E-state index contributed by atoms with van der Waals surface area (Å²) in [4.78, 5) is 34.5. The molecule has 0 spiro atoms. The molecule has 0 fully saturated rings. The van der Waals surface area contributed by atoms with E-state index >= 15 is 0 Å². The number of halogens is 1. The van der Waals surface area contributed by atoms with Crippen LogP contribution >= 0.6 is 0 Å². The standard InChI is InChI=1S/C20H21FN2O5/c1-12(2)9-18(24)23-17-8-3-13(10-16(17)21)20(27)22-14-4-6-15(7-5-14)28-11-19(25)26/h3-8,10,12H,9,11H2,1-2H3,(H,22,27)(H,23,24)(H,25,26). The van der Waals surface area contributed by atoms with Gasteiger partial charge in [-0.1, -0.05) is 13.8 Å². The highest BCUT2D eigenvalue weighted by molar-refractivity contribution is 6.04. The third kappa shape index (κ3) is 6.39. The number of hydrogen-bond acceptors (Lipinski definition) is 4. The van der Waals surface area contributed by atoms with Gasteiger partial charge in [0.15, 0.2) is 6.61 Å². The van der Waals surface area contributed by atoms with Gasteiger partial charge in [-0.2, -0.15) is 0 Å². The van der Waals surface area contributed by atoms with Gasteiger partial charge in [0.2, 0.25) is 5.91 Å². The first-order valence-corrected chi connectivity index (χ1v) is 8.60. The van der Waals surface area contributed by atoms with E-state index < -0.39 is 24.3 Å². The first-order chi connectivity index (χ1) is 13.2. The first kappa shape index (κ1) is 20.9. The van der Waals surface area contributed by atoms with Gasteiger partial charge in [-0.15, -0.1) is 0 Å². The van der Waals surface area contributed by atoms with Crippen LogP contribution in [0.5, 0.6) is 5.75 Å². The maximum absolute atomic E-state index is 14.2. The summed E-state index contributed by atoms with van der Waals surface area (Å²) >= 11 is 0. The quantitative estimate of drug-likeness (QED) is 0.642. The minimum atomic E-state index is -1.09. The molecule has 0 unspecified atom stereocenters. The van der Waals surface area contributed by atoms with Crippen LogP contribution in [0.4, 0.5) is 15.8 Å². The fraction of sp³-hybridized carbons (Fsp3) is 0.250. The smallest absolute Gasteiger partial charge is 0.341 e. The molecule has 0 aliphatic carbocycles. The maximum Gasteiger partial charge on any atom is 0.341 e. The average Bonchev–Trinajstić information content (AvgIpc) is 2.62. The van der Waals surface area contributed by atoms with E-state index in [1.165, 1.54) is 36.4 Å². The molecule has 0 bridgehead atoms. The van der Waals surface area contributed by atoms with Gasteiger partial charge in [-0.3, -0.25) is 9.59 Å². The van der Waals surface area contributed by atoms with Crippen LogP contribution in [0.25, 0.3) is 0 Å². The molecule has 28 heavy (non-hydrogen) atoms. The second kappa shape index (κ2) is 9.50. The number of nitrogens with one attached hydrogen (secondary N) is 2. The van der Waals surface area contributed by atoms with Crippen molar-refractivity contribution in [2.24, 2.45) is 5.92 Å². The van der Waals surface area contributed by atoms with Crippen molar-refractivity contribution in [3.8, 4) is 5.75 Å². The predicted molar refractivity (Wildman–Crippen MR) is 102 cm³/mol. The summed E-state index contributed by atoms with van der Waals surface area (Å²) < 4.78 is 19.2. The molecule has 2 aromatic rings. The van der Waals surface area contributed by atoms with Gasteiger partial charge in [0.25, 0.3) is 5.91 Å². The molecule has 0 heterocycles. The Morgan fingerprint density at radius 1 is 1.07 bits per heavy atom. The van der Waals surface area contributed by atoms with Gasteiger partial charge in [0, 0.05) is 17.7 Å². The molecule has 2 amide bonds. The molecular formula is C20H21FN2O5. The summed E-state index contributed by atoms with van der Waals surface area (Å²) in [5, 5.41) is 13.6. The molecule has 0 aliphatic heterocycles. The average molecular weight is 388 g/mol. The summed E-state index contributed by atoms with van der Waals surface area (Å²) in [6, 6.07) is 9.88. The van der Waals surface area contributed by atoms with Crippen LogP contribution in [0.15, 0.2) is 42.5 Å². The Morgan fingerprint density at radius 3 is 2.32 bits per heavy atom. The van der Waals surface area contributed by atoms with Gasteiger partial charge in [-0.05, 0) is 48.4 Å². The minimum absolute atomic E-state index is 0.0159. The molecule has 148 valence electrons. The molecule has 0 atom stereocenters. The van der Waals surface area contributed by atoms with Crippen LogP contribution in [0.1, 0.15) is 30.6 Å². The number of amides is 2. The Labute approximate surface area is 161 Å². The van der Waals surface area contributed by atoms with Crippen molar-refractivity contribution in [1.29, 1.82) is 0 Å². The zero-order valence-corrected chi connectivity index (χ0v) is 15.5. The summed E-state index contributed by atoms with van der Waals surface area (Å²) in [6.45, 7) is 3.30. The zero-order chi connectivity index (χ0) is 20.7. The van der Waals surface area contributed by atoms with Gasteiger partial charge in [0.05, 0.1) is 5.69 Å². The molecule has 8 heteroatoms. The Hall–Kier alpha value is -3.42. The van der Waals surface area contributed by atoms with E-state index in [-0.39, 0.29) is 29.5 Å². The van der Waals surface area contributed by atoms with Crippen LogP contribution in [-0.4, -0.2) is 29.5 Å². The monoisotopic (exact) mass is 388 g/mol. The summed E-state index contributed by atoms with van der Waals surface area (Å²) in [5.74, 6) is -2.14. The third-order valence-electron chi connectivity index (χ3n) is 3.57. The highest BCUT2D eigenvalue weighted by Crippen LogP contribution is 2.19. The third-order valence-corrected chi connectivity index (χ3v) is 3.57. The van der Waals surface area contributed by atoms with Crippen LogP contribution in [-0.2, 0) is 9.59 Å². The fourth-order valence-corrected chi connectivity index (χ4v) is 2.31. The molecule has 0 radical (unpaired) electrons. The topological polar surface area (TPSA) is 105 Å². The minimum Gasteiger partial charge on any atom is -0.482 e. The molecule has 2 rings (SSSR count). The Balaban J connectivity index is 1.99. The van der Waals surface area contributed by atoms with Crippen molar-refractivity contribution in [1.82, 2.24) is 0 Å². The zero-order valence-electron chi connectivity index (χ0n) is 15.5. The summed E-state index contributed by atoms with van der Waals surface area (Å²) in [7, 11) is 0. The van der Waals surface area contributed by atoms with Crippen molar-refractivity contribution >= 4 is 29.2 Å². The number of carbonyl (C=O) groups excluding carboxylic acids is 2. The fourth-order valence-electron chi connectivity index (χ4n) is 2.31. The number of carboxylic acids is 1. The van der Waals surface area contributed by atoms with E-state index in [0.717, 1.165) is 6.07 Å². The Bertz CT molecular complexity index is 865. The van der Waals surface area contributed by atoms with Crippen molar-refractivity contribution in [3.05, 3.63) is 53.8 Å². The molecule has 7 nitrogen and oxygen atoms in total. The first-order valence-electron chi connectivity index (χ1n) is 8.60. The second-order valence-corrected chi connectivity index (χ2v) is 6.50. The van der Waals surface area contributed by atoms with Gasteiger partial charge in [0.1, 0.15) is 11.6 Å². The van der Waals surface area contributed by atoms with E-state index in [1.54, 1.807) is 0 Å². The summed E-state index contributed by atoms with van der Waals surface area (Å²) in [5.41, 5.74) is 0.537. The van der Waals surface area contributed by atoms with Crippen LogP contribution < -0.4 is 15.4 Å². The van der Waals surface area contributed by atoms with E-state index in [1.807, 2.05) is 13.8 Å². The van der Waals surface area contributed by atoms with E-state index in [4.69, 9.17) is 9.84 Å². The number of hydrogen-bond donors (Lipinski definition) is 3. The molecular weight excluding hydrogens is 367 g/mol. The number of anilines is 2. The van der Waals surface area contributed by atoms with Gasteiger partial charge < -0.3 is 20.5 Å². The highest BCUT2D eigenvalue weighted by atomic mass is 19.1. The highest BCUT2D eigenvalue weighted by Gasteiger charge is 2.13. The number of aliphatic carboxylic acids is 1. The van der Waals surface area contributed by atoms with Crippen LogP contribution in [0.2, 0.25) is 0 Å². The lowest BCUT2D eigenvalue weighted by Gasteiger charge is -2.10. The number of rotatable bonds is 8. The van der Waals surface area contributed by atoms with Gasteiger partial charge >= 0.3 is 5.97 Å². The predicted octanol–water partition coefficient (Wildman–Crippen LogP) is 3.53. The lowest BCUT2D eigenvalue weighted by Crippen LogP contribution is -2.16. The van der Waals surface area contributed by atoms with Crippen molar-refractivity contribution in [2.75, 3.05) is 17.2 Å². The molecule has 3 N–H and O–H groups in total. The lowest BCUT2D eigenvalue weighted by molar-refractivity contribution is -0.139. The van der Waals surface area contributed by atoms with E-state index in [2.05, 4.69) is 10.6 Å². The lowest BCUT2D eigenvalue weighted by atomic mass is 10.1. The molecule has 0 saturated heterocycles. The molecule has 0 aromatic heterocycles.